The summed E-state index contributed by atoms with van der Waals surface area (Å²) in [4.78, 5) is 20.4. The molecule has 25 heavy (non-hydrogen) atoms. The van der Waals surface area contributed by atoms with Crippen LogP contribution in [0, 0.1) is 6.92 Å². The number of nitrogen functional groups attached to an aromatic ring is 1. The van der Waals surface area contributed by atoms with Gasteiger partial charge in [0.05, 0.1) is 0 Å². The Morgan fingerprint density at radius 3 is 2.72 bits per heavy atom. The van der Waals surface area contributed by atoms with Gasteiger partial charge in [0.15, 0.2) is 0 Å². The zero-order chi connectivity index (χ0) is 17.6. The van der Waals surface area contributed by atoms with Crippen LogP contribution in [0.15, 0.2) is 61.1 Å². The average Bonchev–Trinajstić information content (AvgIpc) is 2.62. The highest BCUT2D eigenvalue weighted by Gasteiger charge is 2.13. The molecule has 0 aliphatic heterocycles. The molecule has 0 saturated carbocycles. The van der Waals surface area contributed by atoms with Crippen LogP contribution in [-0.4, -0.2) is 15.9 Å². The van der Waals surface area contributed by atoms with Crippen LogP contribution in [0.2, 0.25) is 0 Å². The zero-order valence-corrected chi connectivity index (χ0v) is 13.8. The lowest BCUT2D eigenvalue weighted by Crippen LogP contribution is -2.23. The molecule has 2 heterocycles. The molecule has 126 valence electrons. The number of nitrogens with one attached hydrogen (secondary N) is 1. The van der Waals surface area contributed by atoms with E-state index in [2.05, 4.69) is 15.3 Å². The number of benzene rings is 1. The predicted octanol–water partition coefficient (Wildman–Crippen LogP) is 3.09. The van der Waals surface area contributed by atoms with Gasteiger partial charge >= 0.3 is 0 Å². The minimum atomic E-state index is -0.158. The van der Waals surface area contributed by atoms with Crippen molar-refractivity contribution in [3.05, 3.63) is 77.7 Å². The molecule has 0 atom stereocenters. The summed E-state index contributed by atoms with van der Waals surface area (Å²) in [5.41, 5.74) is 7.97. The maximum atomic E-state index is 12.5. The molecule has 0 radical (unpaired) electrons. The van der Waals surface area contributed by atoms with Crippen molar-refractivity contribution in [3.63, 3.8) is 0 Å². The Labute approximate surface area is 145 Å². The first-order chi connectivity index (χ1) is 12.1. The van der Waals surface area contributed by atoms with E-state index in [4.69, 9.17) is 10.5 Å². The minimum Gasteiger partial charge on any atom is -0.457 e. The fourth-order valence-electron chi connectivity index (χ4n) is 2.37. The van der Waals surface area contributed by atoms with E-state index in [0.29, 0.717) is 29.4 Å². The third-order valence-corrected chi connectivity index (χ3v) is 3.71. The first-order valence-corrected chi connectivity index (χ1v) is 7.79. The van der Waals surface area contributed by atoms with Crippen molar-refractivity contribution in [2.75, 3.05) is 5.73 Å². The molecule has 3 rings (SSSR count). The molecule has 0 saturated heterocycles. The summed E-state index contributed by atoms with van der Waals surface area (Å²) in [5, 5.41) is 2.90. The van der Waals surface area contributed by atoms with E-state index in [9.17, 15) is 4.79 Å². The molecular formula is C19H18N4O2. The molecule has 0 unspecified atom stereocenters. The van der Waals surface area contributed by atoms with E-state index in [1.807, 2.05) is 25.1 Å². The Hall–Kier alpha value is -3.41. The molecule has 0 aliphatic rings. The summed E-state index contributed by atoms with van der Waals surface area (Å²) < 4.78 is 5.84. The lowest BCUT2D eigenvalue weighted by atomic mass is 10.1. The van der Waals surface area contributed by atoms with Crippen LogP contribution in [0.25, 0.3) is 0 Å². The maximum Gasteiger partial charge on any atom is 0.251 e. The van der Waals surface area contributed by atoms with Gasteiger partial charge in [-0.3, -0.25) is 9.78 Å². The number of amides is 1. The second kappa shape index (κ2) is 7.44. The number of hydrogen-bond donors (Lipinski definition) is 2. The van der Waals surface area contributed by atoms with E-state index in [0.717, 1.165) is 11.1 Å². The highest BCUT2D eigenvalue weighted by molar-refractivity contribution is 5.96. The number of aromatic nitrogens is 2. The number of hydrogen-bond acceptors (Lipinski definition) is 5. The van der Waals surface area contributed by atoms with Crippen molar-refractivity contribution in [2.45, 2.75) is 13.5 Å². The van der Waals surface area contributed by atoms with Gasteiger partial charge in [-0.15, -0.1) is 0 Å². The topological polar surface area (TPSA) is 90.1 Å². The van der Waals surface area contributed by atoms with Crippen molar-refractivity contribution in [2.24, 2.45) is 0 Å². The van der Waals surface area contributed by atoms with Crippen molar-refractivity contribution >= 4 is 11.7 Å². The molecule has 6 heteroatoms. The summed E-state index contributed by atoms with van der Waals surface area (Å²) in [6.07, 6.45) is 4.97. The number of pyridine rings is 2. The zero-order valence-electron chi connectivity index (χ0n) is 13.8. The van der Waals surface area contributed by atoms with Crippen LogP contribution in [0.4, 0.5) is 5.82 Å². The lowest BCUT2D eigenvalue weighted by Gasteiger charge is -2.13. The molecule has 1 amide bonds. The van der Waals surface area contributed by atoms with E-state index < -0.39 is 0 Å². The van der Waals surface area contributed by atoms with Gasteiger partial charge < -0.3 is 15.8 Å². The Morgan fingerprint density at radius 2 is 1.96 bits per heavy atom. The quantitative estimate of drug-likeness (QED) is 0.748. The van der Waals surface area contributed by atoms with Crippen molar-refractivity contribution < 1.29 is 9.53 Å². The van der Waals surface area contributed by atoms with Gasteiger partial charge in [-0.25, -0.2) is 4.98 Å². The van der Waals surface area contributed by atoms with E-state index in [-0.39, 0.29) is 5.91 Å². The molecule has 0 bridgehead atoms. The third-order valence-electron chi connectivity index (χ3n) is 3.71. The molecule has 6 nitrogen and oxygen atoms in total. The van der Waals surface area contributed by atoms with Crippen LogP contribution in [-0.2, 0) is 6.54 Å². The second-order valence-electron chi connectivity index (χ2n) is 5.49. The number of carbonyl (C=O) groups is 1. The van der Waals surface area contributed by atoms with Crippen LogP contribution >= 0.6 is 0 Å². The Balaban J connectivity index is 1.75. The molecule has 0 aliphatic carbocycles. The summed E-state index contributed by atoms with van der Waals surface area (Å²) in [6.45, 7) is 2.29. The van der Waals surface area contributed by atoms with E-state index >= 15 is 0 Å². The highest BCUT2D eigenvalue weighted by atomic mass is 16.5. The maximum absolute atomic E-state index is 12.5. The lowest BCUT2D eigenvalue weighted by molar-refractivity contribution is 0.0950. The number of carbonyl (C=O) groups excluding carboxylic acids is 1. The normalized spacial score (nSPS) is 10.3. The monoisotopic (exact) mass is 334 g/mol. The number of nitrogens with two attached hydrogens (primary N) is 1. The predicted molar refractivity (Wildman–Crippen MR) is 95.3 cm³/mol. The SMILES string of the molecule is Cc1c(Oc2ccnc(N)c2)cccc1C(=O)NCc1ccncc1. The van der Waals surface area contributed by atoms with Crippen molar-refractivity contribution in [1.82, 2.24) is 15.3 Å². The summed E-state index contributed by atoms with van der Waals surface area (Å²) in [6, 6.07) is 12.4. The Kier molecular flexibility index (Phi) is 4.89. The largest absolute Gasteiger partial charge is 0.457 e. The Morgan fingerprint density at radius 1 is 1.16 bits per heavy atom. The first kappa shape index (κ1) is 16.4. The van der Waals surface area contributed by atoms with Crippen LogP contribution in [0.3, 0.4) is 0 Å². The highest BCUT2D eigenvalue weighted by Crippen LogP contribution is 2.27. The van der Waals surface area contributed by atoms with Crippen LogP contribution < -0.4 is 15.8 Å². The van der Waals surface area contributed by atoms with Gasteiger partial charge in [0.25, 0.3) is 5.91 Å². The number of anilines is 1. The molecule has 3 N–H and O–H groups in total. The van der Waals surface area contributed by atoms with Crippen LogP contribution in [0.1, 0.15) is 21.5 Å². The molecular weight excluding hydrogens is 316 g/mol. The number of ether oxygens (including phenoxy) is 1. The summed E-state index contributed by atoms with van der Waals surface area (Å²) in [5.74, 6) is 1.39. The van der Waals surface area contributed by atoms with Gasteiger partial charge in [0.1, 0.15) is 17.3 Å². The van der Waals surface area contributed by atoms with Gasteiger partial charge in [-0.2, -0.15) is 0 Å². The van der Waals surface area contributed by atoms with Gasteiger partial charge in [0, 0.05) is 42.3 Å². The van der Waals surface area contributed by atoms with Gasteiger partial charge in [-0.1, -0.05) is 6.07 Å². The molecule has 1 aromatic carbocycles. The fraction of sp³-hybridized carbons (Fsp3) is 0.105. The van der Waals surface area contributed by atoms with Crippen LogP contribution in [0.5, 0.6) is 11.5 Å². The number of nitrogens with zero attached hydrogens (tertiary/aromatic N) is 2. The molecule has 0 fully saturated rings. The van der Waals surface area contributed by atoms with Gasteiger partial charge in [0.2, 0.25) is 0 Å². The molecule has 3 aromatic rings. The summed E-state index contributed by atoms with van der Waals surface area (Å²) >= 11 is 0. The average molecular weight is 334 g/mol. The van der Waals surface area contributed by atoms with E-state index in [1.54, 1.807) is 42.9 Å². The van der Waals surface area contributed by atoms with Crippen molar-refractivity contribution in [1.29, 1.82) is 0 Å². The van der Waals surface area contributed by atoms with E-state index in [1.165, 1.54) is 0 Å². The first-order valence-electron chi connectivity index (χ1n) is 7.79. The minimum absolute atomic E-state index is 0.158. The summed E-state index contributed by atoms with van der Waals surface area (Å²) in [7, 11) is 0. The smallest absolute Gasteiger partial charge is 0.251 e. The third kappa shape index (κ3) is 4.11. The molecule has 0 spiro atoms. The Bertz CT molecular complexity index is 882. The molecule has 2 aromatic heterocycles. The van der Waals surface area contributed by atoms with Crippen molar-refractivity contribution in [3.8, 4) is 11.5 Å². The standard InChI is InChI=1S/C19H18N4O2/c1-13-16(19(24)23-12-14-5-8-21-9-6-14)3-2-4-17(13)25-15-7-10-22-18(20)11-15/h2-11H,12H2,1H3,(H2,20,22)(H,23,24). The number of rotatable bonds is 5. The second-order valence-corrected chi connectivity index (χ2v) is 5.49. The van der Waals surface area contributed by atoms with Gasteiger partial charge in [-0.05, 0) is 42.8 Å². The fourth-order valence-corrected chi connectivity index (χ4v) is 2.37.